The van der Waals surface area contributed by atoms with Crippen molar-refractivity contribution in [2.24, 2.45) is 10.4 Å². The lowest BCUT2D eigenvalue weighted by Gasteiger charge is -2.32. The Hall–Kier alpha value is -2.08. The molecule has 0 radical (unpaired) electrons. The van der Waals surface area contributed by atoms with Gasteiger partial charge in [-0.3, -0.25) is 14.7 Å². The van der Waals surface area contributed by atoms with Crippen LogP contribution < -0.4 is 16.0 Å². The van der Waals surface area contributed by atoms with Crippen molar-refractivity contribution < 1.29 is 4.79 Å². The first-order valence-electron chi connectivity index (χ1n) is 11.1. The van der Waals surface area contributed by atoms with Crippen molar-refractivity contribution >= 4 is 11.9 Å². The fraction of sp³-hybridized carbons (Fsp3) is 0.652. The number of likely N-dealkylation sites (tertiary alicyclic amines) is 1. The van der Waals surface area contributed by atoms with E-state index < -0.39 is 0 Å². The number of piperidine rings is 1. The number of amides is 1. The summed E-state index contributed by atoms with van der Waals surface area (Å²) in [6.07, 6.45) is 6.76. The van der Waals surface area contributed by atoms with Gasteiger partial charge in [-0.15, -0.1) is 0 Å². The molecule has 1 aliphatic carbocycles. The summed E-state index contributed by atoms with van der Waals surface area (Å²) in [7, 11) is 1.85. The van der Waals surface area contributed by atoms with Crippen molar-refractivity contribution in [2.75, 3.05) is 39.8 Å². The first kappa shape index (κ1) is 21.6. The van der Waals surface area contributed by atoms with Gasteiger partial charge in [0.1, 0.15) is 0 Å². The Morgan fingerprint density at radius 3 is 2.52 bits per heavy atom. The van der Waals surface area contributed by atoms with Crippen LogP contribution in [0.2, 0.25) is 0 Å². The number of carbonyl (C=O) groups is 1. The molecule has 0 spiro atoms. The summed E-state index contributed by atoms with van der Waals surface area (Å²) in [5.74, 6) is 1.05. The molecular weight excluding hydrogens is 362 g/mol. The van der Waals surface area contributed by atoms with Crippen LogP contribution in [0.1, 0.15) is 44.6 Å². The summed E-state index contributed by atoms with van der Waals surface area (Å²) in [4.78, 5) is 18.6. The molecule has 3 rings (SSSR count). The van der Waals surface area contributed by atoms with E-state index in [-0.39, 0.29) is 5.91 Å². The Balaban J connectivity index is 1.37. The van der Waals surface area contributed by atoms with Crippen molar-refractivity contribution in [3.63, 3.8) is 0 Å². The second-order valence-electron chi connectivity index (χ2n) is 8.63. The van der Waals surface area contributed by atoms with E-state index in [4.69, 9.17) is 0 Å². The van der Waals surface area contributed by atoms with Gasteiger partial charge in [-0.05, 0) is 49.5 Å². The van der Waals surface area contributed by atoms with Crippen LogP contribution in [-0.2, 0) is 11.2 Å². The van der Waals surface area contributed by atoms with E-state index >= 15 is 0 Å². The zero-order valence-electron chi connectivity index (χ0n) is 18.0. The first-order valence-corrected chi connectivity index (χ1v) is 11.1. The lowest BCUT2D eigenvalue weighted by molar-refractivity contribution is -0.122. The van der Waals surface area contributed by atoms with Crippen LogP contribution in [0, 0.1) is 5.41 Å². The largest absolute Gasteiger partial charge is 0.356 e. The Morgan fingerprint density at radius 2 is 1.90 bits per heavy atom. The van der Waals surface area contributed by atoms with Gasteiger partial charge in [0.15, 0.2) is 5.96 Å². The molecule has 2 aliphatic rings. The zero-order chi connectivity index (χ0) is 20.5. The summed E-state index contributed by atoms with van der Waals surface area (Å²) in [6, 6.07) is 11.2. The highest BCUT2D eigenvalue weighted by Gasteiger charge is 2.42. The third-order valence-electron chi connectivity index (χ3n) is 6.10. The minimum Gasteiger partial charge on any atom is -0.356 e. The molecule has 1 amide bonds. The van der Waals surface area contributed by atoms with E-state index in [2.05, 4.69) is 63.1 Å². The highest BCUT2D eigenvalue weighted by molar-refractivity contribution is 5.80. The predicted octanol–water partition coefficient (Wildman–Crippen LogP) is 2.16. The summed E-state index contributed by atoms with van der Waals surface area (Å²) < 4.78 is 0. The number of carbonyl (C=O) groups excluding carboxylic acids is 1. The fourth-order valence-electron chi connectivity index (χ4n) is 4.04. The van der Waals surface area contributed by atoms with E-state index in [1.807, 2.05) is 7.05 Å². The van der Waals surface area contributed by atoms with E-state index in [0.717, 1.165) is 57.8 Å². The molecule has 2 fully saturated rings. The average Bonchev–Trinajstić information content (AvgIpc) is 3.51. The SMILES string of the molecule is CCCNC(=O)CN1CCC(NC(=NC)NCC2(Cc3ccccc3)CC2)CC1. The summed E-state index contributed by atoms with van der Waals surface area (Å²) in [5, 5.41) is 10.1. The van der Waals surface area contributed by atoms with Crippen molar-refractivity contribution in [1.82, 2.24) is 20.9 Å². The second-order valence-corrected chi connectivity index (χ2v) is 8.63. The maximum Gasteiger partial charge on any atom is 0.234 e. The number of rotatable bonds is 9. The Bertz CT molecular complexity index is 663. The van der Waals surface area contributed by atoms with Crippen LogP contribution in [0.3, 0.4) is 0 Å². The van der Waals surface area contributed by atoms with Crippen molar-refractivity contribution in [1.29, 1.82) is 0 Å². The molecule has 1 saturated carbocycles. The first-order chi connectivity index (χ1) is 14.1. The number of benzene rings is 1. The molecule has 160 valence electrons. The van der Waals surface area contributed by atoms with Crippen LogP contribution in [-0.4, -0.2) is 62.6 Å². The standard InChI is InChI=1S/C23H37N5O/c1-3-13-25-21(29)17-28-14-9-20(10-15-28)27-22(24-2)26-18-23(11-12-23)16-19-7-5-4-6-8-19/h4-8,20H,3,9-18H2,1-2H3,(H,25,29)(H2,24,26,27). The van der Waals surface area contributed by atoms with Gasteiger partial charge in [0.2, 0.25) is 5.91 Å². The van der Waals surface area contributed by atoms with Crippen LogP contribution in [0.4, 0.5) is 0 Å². The maximum atomic E-state index is 11.9. The molecule has 1 saturated heterocycles. The molecular formula is C23H37N5O. The van der Waals surface area contributed by atoms with Gasteiger partial charge < -0.3 is 16.0 Å². The molecule has 6 heteroatoms. The summed E-state index contributed by atoms with van der Waals surface area (Å²) in [5.41, 5.74) is 1.80. The molecule has 0 unspecified atom stereocenters. The van der Waals surface area contributed by atoms with Gasteiger partial charge in [0, 0.05) is 39.3 Å². The topological polar surface area (TPSA) is 68.8 Å². The molecule has 29 heavy (non-hydrogen) atoms. The van der Waals surface area contributed by atoms with E-state index in [1.54, 1.807) is 0 Å². The van der Waals surface area contributed by atoms with E-state index in [0.29, 0.717) is 18.0 Å². The number of nitrogens with zero attached hydrogens (tertiary/aromatic N) is 2. The second kappa shape index (κ2) is 10.6. The Labute approximate surface area is 175 Å². The number of aliphatic imine (C=N–C) groups is 1. The van der Waals surface area contributed by atoms with Gasteiger partial charge in [-0.2, -0.15) is 0 Å². The minimum absolute atomic E-state index is 0.142. The number of guanidine groups is 1. The van der Waals surface area contributed by atoms with E-state index in [1.165, 1.54) is 18.4 Å². The smallest absolute Gasteiger partial charge is 0.234 e. The number of nitrogens with one attached hydrogen (secondary N) is 3. The third-order valence-corrected chi connectivity index (χ3v) is 6.10. The predicted molar refractivity (Wildman–Crippen MR) is 119 cm³/mol. The quantitative estimate of drug-likeness (QED) is 0.440. The molecule has 1 heterocycles. The highest BCUT2D eigenvalue weighted by atomic mass is 16.2. The average molecular weight is 400 g/mol. The van der Waals surface area contributed by atoms with Crippen LogP contribution in [0.5, 0.6) is 0 Å². The number of hydrogen-bond donors (Lipinski definition) is 3. The van der Waals surface area contributed by atoms with Crippen LogP contribution in [0.15, 0.2) is 35.3 Å². The number of hydrogen-bond acceptors (Lipinski definition) is 3. The third kappa shape index (κ3) is 7.03. The van der Waals surface area contributed by atoms with Crippen molar-refractivity contribution in [3.05, 3.63) is 35.9 Å². The van der Waals surface area contributed by atoms with Crippen LogP contribution in [0.25, 0.3) is 0 Å². The molecule has 1 aromatic carbocycles. The molecule has 3 N–H and O–H groups in total. The molecule has 0 aromatic heterocycles. The maximum absolute atomic E-state index is 11.9. The molecule has 6 nitrogen and oxygen atoms in total. The van der Waals surface area contributed by atoms with Crippen LogP contribution >= 0.6 is 0 Å². The lowest BCUT2D eigenvalue weighted by Crippen LogP contribution is -2.50. The van der Waals surface area contributed by atoms with Gasteiger partial charge in [0.25, 0.3) is 0 Å². The van der Waals surface area contributed by atoms with Gasteiger partial charge in [-0.1, -0.05) is 37.3 Å². The zero-order valence-corrected chi connectivity index (χ0v) is 18.0. The fourth-order valence-corrected chi connectivity index (χ4v) is 4.04. The highest BCUT2D eigenvalue weighted by Crippen LogP contribution is 2.47. The van der Waals surface area contributed by atoms with Crippen molar-refractivity contribution in [2.45, 2.75) is 51.5 Å². The Morgan fingerprint density at radius 1 is 1.17 bits per heavy atom. The molecule has 1 aromatic rings. The summed E-state index contributed by atoms with van der Waals surface area (Å²) >= 11 is 0. The summed E-state index contributed by atoms with van der Waals surface area (Å²) in [6.45, 7) is 6.23. The van der Waals surface area contributed by atoms with Gasteiger partial charge in [0.05, 0.1) is 6.54 Å². The molecule has 0 bridgehead atoms. The minimum atomic E-state index is 0.142. The Kier molecular flexibility index (Phi) is 7.92. The monoisotopic (exact) mass is 399 g/mol. The lowest BCUT2D eigenvalue weighted by atomic mass is 9.96. The molecule has 0 atom stereocenters. The molecule has 1 aliphatic heterocycles. The van der Waals surface area contributed by atoms with Crippen molar-refractivity contribution in [3.8, 4) is 0 Å². The normalized spacial score (nSPS) is 19.6. The van der Waals surface area contributed by atoms with Gasteiger partial charge >= 0.3 is 0 Å². The van der Waals surface area contributed by atoms with E-state index in [9.17, 15) is 4.79 Å². The van der Waals surface area contributed by atoms with Gasteiger partial charge in [-0.25, -0.2) is 0 Å².